The molecule has 1 aromatic heterocycles. The Balaban J connectivity index is 1.99. The van der Waals surface area contributed by atoms with Gasteiger partial charge in [0.15, 0.2) is 5.59 Å². The molecule has 0 aliphatic carbocycles. The maximum absolute atomic E-state index is 2.44. The predicted octanol–water partition coefficient (Wildman–Crippen LogP) is 3.27. The monoisotopic (exact) mass is 355 g/mol. The molecule has 27 heavy (non-hydrogen) atoms. The Morgan fingerprint density at radius 2 is 1.74 bits per heavy atom. The van der Waals surface area contributed by atoms with Gasteiger partial charge in [-0.15, -0.1) is 0 Å². The molecule has 1 aliphatic rings. The average molecular weight is 355 g/mol. The maximum Gasteiger partial charge on any atom is 0.404 e. The van der Waals surface area contributed by atoms with Crippen molar-refractivity contribution < 1.29 is 4.57 Å². The lowest BCUT2D eigenvalue weighted by molar-refractivity contribution is -0.627. The normalized spacial score (nSPS) is 13.9. The quantitative estimate of drug-likeness (QED) is 0.517. The molecule has 4 rings (SSSR count). The standard InChI is InChI=1S/C24H28BN2/c1-17(2)14-20-16-24(26(4)23-13-9-7-11-21(20)23)25-22-12-8-6-10-19(22)15-18(3)27(25)5/h6-13,15-17H,14H2,1-5H3/q+1. The Kier molecular flexibility index (Phi) is 4.55. The summed E-state index contributed by atoms with van der Waals surface area (Å²) in [6.07, 6.45) is 3.39. The van der Waals surface area contributed by atoms with E-state index in [2.05, 4.69) is 105 Å². The number of hydrogen-bond acceptors (Lipinski definition) is 1. The Hall–Kier alpha value is -2.55. The van der Waals surface area contributed by atoms with Gasteiger partial charge in [-0.1, -0.05) is 50.2 Å². The van der Waals surface area contributed by atoms with Gasteiger partial charge in [0.25, 0.3) is 0 Å². The molecule has 0 atom stereocenters. The first-order chi connectivity index (χ1) is 13.0. The third kappa shape index (κ3) is 3.05. The van der Waals surface area contributed by atoms with Gasteiger partial charge in [0.2, 0.25) is 5.52 Å². The fourth-order valence-corrected chi connectivity index (χ4v) is 4.39. The number of aryl methyl sites for hydroxylation is 1. The second-order valence-corrected chi connectivity index (χ2v) is 8.20. The minimum absolute atomic E-state index is 0.228. The zero-order chi connectivity index (χ0) is 19.1. The van der Waals surface area contributed by atoms with Gasteiger partial charge in [0, 0.05) is 17.5 Å². The molecule has 0 saturated heterocycles. The highest BCUT2D eigenvalue weighted by Gasteiger charge is 2.38. The number of nitrogens with zero attached hydrogens (tertiary/aromatic N) is 2. The summed E-state index contributed by atoms with van der Waals surface area (Å²) < 4.78 is 2.38. The molecule has 0 unspecified atom stereocenters. The Labute approximate surface area is 163 Å². The minimum Gasteiger partial charge on any atom is -0.408 e. The molecule has 0 amide bonds. The molecule has 2 aromatic carbocycles. The van der Waals surface area contributed by atoms with E-state index in [1.807, 2.05) is 0 Å². The molecule has 136 valence electrons. The predicted molar refractivity (Wildman–Crippen MR) is 117 cm³/mol. The van der Waals surface area contributed by atoms with E-state index in [0.29, 0.717) is 5.92 Å². The van der Waals surface area contributed by atoms with E-state index >= 15 is 0 Å². The van der Waals surface area contributed by atoms with E-state index in [4.69, 9.17) is 0 Å². The van der Waals surface area contributed by atoms with Crippen LogP contribution in [-0.4, -0.2) is 18.7 Å². The van der Waals surface area contributed by atoms with Gasteiger partial charge < -0.3 is 4.81 Å². The van der Waals surface area contributed by atoms with Gasteiger partial charge in [-0.25, -0.2) is 4.57 Å². The first-order valence-electron chi connectivity index (χ1n) is 9.88. The van der Waals surface area contributed by atoms with Crippen molar-refractivity contribution in [2.24, 2.45) is 13.0 Å². The number of fused-ring (bicyclic) bond motifs is 2. The number of allylic oxidation sites excluding steroid dienone is 1. The number of aromatic nitrogens is 1. The van der Waals surface area contributed by atoms with Crippen LogP contribution < -0.4 is 15.6 Å². The molecular formula is C24H28BN2+. The highest BCUT2D eigenvalue weighted by Crippen LogP contribution is 2.20. The maximum atomic E-state index is 2.44. The summed E-state index contributed by atoms with van der Waals surface area (Å²) in [5, 5.41) is 1.37. The van der Waals surface area contributed by atoms with Crippen molar-refractivity contribution in [1.82, 2.24) is 4.81 Å². The molecule has 0 radical (unpaired) electrons. The Morgan fingerprint density at radius 3 is 2.52 bits per heavy atom. The smallest absolute Gasteiger partial charge is 0.404 e. The summed E-state index contributed by atoms with van der Waals surface area (Å²) in [5.41, 5.74) is 8.13. The molecule has 2 heterocycles. The molecule has 3 heteroatoms. The van der Waals surface area contributed by atoms with Crippen LogP contribution in [0.5, 0.6) is 0 Å². The van der Waals surface area contributed by atoms with E-state index in [-0.39, 0.29) is 6.85 Å². The molecule has 0 N–H and O–H groups in total. The minimum atomic E-state index is 0.228. The highest BCUT2D eigenvalue weighted by molar-refractivity contribution is 6.83. The highest BCUT2D eigenvalue weighted by atomic mass is 15.1. The fraction of sp³-hybridized carbons (Fsp3) is 0.292. The zero-order valence-electron chi connectivity index (χ0n) is 17.0. The summed E-state index contributed by atoms with van der Waals surface area (Å²) >= 11 is 0. The van der Waals surface area contributed by atoms with Crippen LogP contribution in [0.25, 0.3) is 17.0 Å². The van der Waals surface area contributed by atoms with Crippen LogP contribution >= 0.6 is 0 Å². The van der Waals surface area contributed by atoms with Crippen molar-refractivity contribution in [3.8, 4) is 0 Å². The lowest BCUT2D eigenvalue weighted by atomic mass is 9.48. The van der Waals surface area contributed by atoms with Crippen LogP contribution in [0.15, 0.2) is 60.3 Å². The van der Waals surface area contributed by atoms with Crippen molar-refractivity contribution in [2.75, 3.05) is 7.05 Å². The van der Waals surface area contributed by atoms with Crippen molar-refractivity contribution in [3.05, 3.63) is 71.4 Å². The van der Waals surface area contributed by atoms with Crippen molar-refractivity contribution >= 4 is 34.9 Å². The SMILES string of the molecule is CC1=Cc2ccccc2B(c2cc(CC(C)C)c3ccccc3[n+]2C)N1C. The number of hydrogen-bond donors (Lipinski definition) is 0. The summed E-state index contributed by atoms with van der Waals surface area (Å²) in [7, 11) is 4.42. The van der Waals surface area contributed by atoms with Crippen LogP contribution in [0.3, 0.4) is 0 Å². The van der Waals surface area contributed by atoms with Gasteiger partial charge in [0.1, 0.15) is 7.05 Å². The van der Waals surface area contributed by atoms with Gasteiger partial charge in [0.05, 0.1) is 0 Å². The lowest BCUT2D eigenvalue weighted by Gasteiger charge is -2.31. The summed E-state index contributed by atoms with van der Waals surface area (Å²) in [6.45, 7) is 7.04. The van der Waals surface area contributed by atoms with Crippen molar-refractivity contribution in [3.63, 3.8) is 0 Å². The van der Waals surface area contributed by atoms with Crippen LogP contribution in [0.2, 0.25) is 0 Å². The molecule has 0 bridgehead atoms. The number of pyridine rings is 1. The number of benzene rings is 2. The second-order valence-electron chi connectivity index (χ2n) is 8.20. The second kappa shape index (κ2) is 6.88. The molecule has 0 saturated carbocycles. The summed E-state index contributed by atoms with van der Waals surface area (Å²) in [5.74, 6) is 0.631. The average Bonchev–Trinajstić information content (AvgIpc) is 2.65. The van der Waals surface area contributed by atoms with Crippen molar-refractivity contribution in [2.45, 2.75) is 27.2 Å². The first-order valence-corrected chi connectivity index (χ1v) is 9.88. The van der Waals surface area contributed by atoms with E-state index in [1.54, 1.807) is 0 Å². The van der Waals surface area contributed by atoms with Gasteiger partial charge in [-0.3, -0.25) is 0 Å². The van der Waals surface area contributed by atoms with Crippen LogP contribution in [0.1, 0.15) is 31.9 Å². The zero-order valence-corrected chi connectivity index (χ0v) is 17.0. The van der Waals surface area contributed by atoms with Crippen molar-refractivity contribution in [1.29, 1.82) is 0 Å². The van der Waals surface area contributed by atoms with Gasteiger partial charge in [-0.2, -0.15) is 0 Å². The van der Waals surface area contributed by atoms with Gasteiger partial charge in [-0.05, 0) is 60.7 Å². The molecule has 0 fully saturated rings. The Bertz CT molecular complexity index is 1040. The Morgan fingerprint density at radius 1 is 1.04 bits per heavy atom. The largest absolute Gasteiger partial charge is 0.408 e. The molecule has 3 aromatic rings. The van der Waals surface area contributed by atoms with Crippen LogP contribution in [0, 0.1) is 5.92 Å². The molecule has 0 spiro atoms. The third-order valence-electron chi connectivity index (χ3n) is 5.83. The molecule has 2 nitrogen and oxygen atoms in total. The first kappa shape index (κ1) is 17.8. The number of rotatable bonds is 3. The van der Waals surface area contributed by atoms with E-state index in [0.717, 1.165) is 6.42 Å². The van der Waals surface area contributed by atoms with E-state index < -0.39 is 0 Å². The topological polar surface area (TPSA) is 7.12 Å². The van der Waals surface area contributed by atoms with E-state index in [1.165, 1.54) is 38.8 Å². The lowest BCUT2D eigenvalue weighted by Crippen LogP contribution is -2.66. The van der Waals surface area contributed by atoms with E-state index in [9.17, 15) is 0 Å². The number of para-hydroxylation sites is 1. The summed E-state index contributed by atoms with van der Waals surface area (Å²) in [4.78, 5) is 2.41. The van der Waals surface area contributed by atoms with Crippen LogP contribution in [0.4, 0.5) is 0 Å². The summed E-state index contributed by atoms with van der Waals surface area (Å²) in [6, 6.07) is 20.1. The van der Waals surface area contributed by atoms with Gasteiger partial charge >= 0.3 is 6.85 Å². The fourth-order valence-electron chi connectivity index (χ4n) is 4.39. The van der Waals surface area contributed by atoms with Crippen LogP contribution in [-0.2, 0) is 13.5 Å². The molecule has 1 aliphatic heterocycles. The third-order valence-corrected chi connectivity index (χ3v) is 5.83. The molecular weight excluding hydrogens is 327 g/mol.